The van der Waals surface area contributed by atoms with Gasteiger partial charge in [-0.1, -0.05) is 6.92 Å². The van der Waals surface area contributed by atoms with Gasteiger partial charge in [0, 0.05) is 13.0 Å². The Hall–Kier alpha value is -1.27. The molecule has 1 aliphatic rings. The highest BCUT2D eigenvalue weighted by Gasteiger charge is 2.30. The molecule has 0 amide bonds. The number of hydrogen-bond acceptors (Lipinski definition) is 5. The van der Waals surface area contributed by atoms with E-state index >= 15 is 0 Å². The van der Waals surface area contributed by atoms with Gasteiger partial charge in [-0.3, -0.25) is 0 Å². The van der Waals surface area contributed by atoms with Crippen LogP contribution in [0.1, 0.15) is 25.8 Å². The van der Waals surface area contributed by atoms with E-state index in [9.17, 15) is 4.79 Å². The van der Waals surface area contributed by atoms with Crippen LogP contribution in [0.15, 0.2) is 16.6 Å². The van der Waals surface area contributed by atoms with E-state index in [1.54, 1.807) is 0 Å². The molecule has 1 aromatic rings. The molecule has 6 heteroatoms. The molecule has 0 aromatic heterocycles. The smallest absolute Gasteiger partial charge is 0.347 e. The van der Waals surface area contributed by atoms with Crippen molar-refractivity contribution in [2.45, 2.75) is 32.9 Å². The van der Waals surface area contributed by atoms with Gasteiger partial charge in [0.1, 0.15) is 0 Å². The molecule has 5 nitrogen and oxygen atoms in total. The molecule has 0 radical (unpaired) electrons. The first-order valence-corrected chi connectivity index (χ1v) is 7.94. The van der Waals surface area contributed by atoms with Gasteiger partial charge < -0.3 is 19.5 Å². The van der Waals surface area contributed by atoms with E-state index in [1.165, 1.54) is 0 Å². The number of carbonyl (C=O) groups excluding carboxylic acids is 1. The summed E-state index contributed by atoms with van der Waals surface area (Å²) in [5.41, 5.74) is 1.09. The second-order valence-corrected chi connectivity index (χ2v) is 5.54. The van der Waals surface area contributed by atoms with Gasteiger partial charge >= 0.3 is 5.97 Å². The molecule has 1 aliphatic heterocycles. The number of rotatable bonds is 7. The molecular weight excluding hydrogens is 338 g/mol. The Morgan fingerprint density at radius 1 is 1.43 bits per heavy atom. The fourth-order valence-corrected chi connectivity index (χ4v) is 2.68. The summed E-state index contributed by atoms with van der Waals surface area (Å²) in [6.07, 6.45) is 0.0100. The minimum absolute atomic E-state index is 0.318. The molecule has 1 heterocycles. The second kappa shape index (κ2) is 7.66. The lowest BCUT2D eigenvalue weighted by Gasteiger charge is -2.17. The maximum absolute atomic E-state index is 11.6. The van der Waals surface area contributed by atoms with Gasteiger partial charge in [0.25, 0.3) is 0 Å². The molecule has 0 bridgehead atoms. The first kappa shape index (κ1) is 16.1. The summed E-state index contributed by atoms with van der Waals surface area (Å²) >= 11 is 3.50. The average molecular weight is 358 g/mol. The van der Waals surface area contributed by atoms with Gasteiger partial charge in [0.2, 0.25) is 0 Å². The van der Waals surface area contributed by atoms with Gasteiger partial charge in [-0.2, -0.15) is 0 Å². The molecule has 2 rings (SSSR count). The van der Waals surface area contributed by atoms with Crippen molar-refractivity contribution in [3.8, 4) is 11.5 Å². The van der Waals surface area contributed by atoms with Gasteiger partial charge in [-0.05, 0) is 47.1 Å². The largest absolute Gasteiger partial charge is 0.490 e. The van der Waals surface area contributed by atoms with Crippen LogP contribution in [0.3, 0.4) is 0 Å². The lowest BCUT2D eigenvalue weighted by atomic mass is 10.2. The second-order valence-electron chi connectivity index (χ2n) is 4.68. The first-order chi connectivity index (χ1) is 10.2. The molecule has 21 heavy (non-hydrogen) atoms. The third-order valence-electron chi connectivity index (χ3n) is 3.10. The highest BCUT2D eigenvalue weighted by Crippen LogP contribution is 2.38. The Morgan fingerprint density at radius 3 is 2.86 bits per heavy atom. The van der Waals surface area contributed by atoms with E-state index in [-0.39, 0.29) is 5.97 Å². The third-order valence-corrected chi connectivity index (χ3v) is 3.68. The van der Waals surface area contributed by atoms with Crippen LogP contribution in [0, 0.1) is 0 Å². The van der Waals surface area contributed by atoms with Crippen molar-refractivity contribution < 1.29 is 19.0 Å². The molecule has 0 aliphatic carbocycles. The molecule has 1 N–H and O–H groups in total. The van der Waals surface area contributed by atoms with E-state index in [4.69, 9.17) is 14.2 Å². The van der Waals surface area contributed by atoms with E-state index in [0.717, 1.165) is 23.1 Å². The monoisotopic (exact) mass is 357 g/mol. The van der Waals surface area contributed by atoms with E-state index < -0.39 is 6.10 Å². The lowest BCUT2D eigenvalue weighted by Crippen LogP contribution is -2.22. The number of ether oxygens (including phenoxy) is 3. The SMILES string of the molecule is CCNCc1cc(Br)c(OC2CCOC2=O)c(OCC)c1. The molecule has 1 atom stereocenters. The van der Waals surface area contributed by atoms with Crippen LogP contribution in [0.25, 0.3) is 0 Å². The minimum atomic E-state index is -0.555. The molecule has 0 saturated carbocycles. The Bertz CT molecular complexity index is 507. The predicted molar refractivity (Wildman–Crippen MR) is 82.7 cm³/mol. The van der Waals surface area contributed by atoms with Crippen molar-refractivity contribution in [3.63, 3.8) is 0 Å². The Labute approximate surface area is 133 Å². The van der Waals surface area contributed by atoms with E-state index in [2.05, 4.69) is 28.2 Å². The maximum Gasteiger partial charge on any atom is 0.347 e. The van der Waals surface area contributed by atoms with Gasteiger partial charge in [-0.25, -0.2) is 4.79 Å². The van der Waals surface area contributed by atoms with Crippen molar-refractivity contribution in [1.82, 2.24) is 5.32 Å². The Balaban J connectivity index is 2.23. The fourth-order valence-electron chi connectivity index (χ4n) is 2.10. The van der Waals surface area contributed by atoms with Gasteiger partial charge in [0.05, 0.1) is 17.7 Å². The number of halogens is 1. The first-order valence-electron chi connectivity index (χ1n) is 7.15. The maximum atomic E-state index is 11.6. The fraction of sp³-hybridized carbons (Fsp3) is 0.533. The van der Waals surface area contributed by atoms with Crippen molar-refractivity contribution >= 4 is 21.9 Å². The number of esters is 1. The molecule has 1 unspecified atom stereocenters. The minimum Gasteiger partial charge on any atom is -0.490 e. The topological polar surface area (TPSA) is 56.8 Å². The summed E-state index contributed by atoms with van der Waals surface area (Å²) in [7, 11) is 0. The van der Waals surface area contributed by atoms with Crippen LogP contribution in [0.2, 0.25) is 0 Å². The van der Waals surface area contributed by atoms with E-state index in [1.807, 2.05) is 19.1 Å². The van der Waals surface area contributed by atoms with Crippen LogP contribution in [-0.4, -0.2) is 31.8 Å². The summed E-state index contributed by atoms with van der Waals surface area (Å²) in [6, 6.07) is 3.91. The summed E-state index contributed by atoms with van der Waals surface area (Å²) in [5, 5.41) is 3.27. The standard InChI is InChI=1S/C15H20BrNO4/c1-3-17-9-10-7-11(16)14(13(8-10)19-4-2)21-12-5-6-20-15(12)18/h7-8,12,17H,3-6,9H2,1-2H3. The van der Waals surface area contributed by atoms with Gasteiger partial charge in [-0.15, -0.1) is 0 Å². The molecule has 1 aromatic carbocycles. The highest BCUT2D eigenvalue weighted by atomic mass is 79.9. The van der Waals surface area contributed by atoms with Crippen LogP contribution in [0.5, 0.6) is 11.5 Å². The number of cyclic esters (lactones) is 1. The normalized spacial score (nSPS) is 17.7. The van der Waals surface area contributed by atoms with Crippen LogP contribution in [0.4, 0.5) is 0 Å². The average Bonchev–Trinajstić information content (AvgIpc) is 2.86. The summed E-state index contributed by atoms with van der Waals surface area (Å²) in [5.74, 6) is 0.876. The molecular formula is C15H20BrNO4. The lowest BCUT2D eigenvalue weighted by molar-refractivity contribution is -0.143. The zero-order valence-electron chi connectivity index (χ0n) is 12.3. The van der Waals surface area contributed by atoms with Crippen molar-refractivity contribution in [3.05, 3.63) is 22.2 Å². The number of benzene rings is 1. The Kier molecular flexibility index (Phi) is 5.87. The summed E-state index contributed by atoms with van der Waals surface area (Å²) in [4.78, 5) is 11.6. The Morgan fingerprint density at radius 2 is 2.24 bits per heavy atom. The van der Waals surface area contributed by atoms with Crippen LogP contribution < -0.4 is 14.8 Å². The third kappa shape index (κ3) is 4.11. The molecule has 0 spiro atoms. The van der Waals surface area contributed by atoms with Crippen LogP contribution >= 0.6 is 15.9 Å². The highest BCUT2D eigenvalue weighted by molar-refractivity contribution is 9.10. The van der Waals surface area contributed by atoms with Crippen molar-refractivity contribution in [2.75, 3.05) is 19.8 Å². The van der Waals surface area contributed by atoms with Crippen molar-refractivity contribution in [2.24, 2.45) is 0 Å². The molecule has 1 saturated heterocycles. The van der Waals surface area contributed by atoms with Crippen LogP contribution in [-0.2, 0) is 16.1 Å². The zero-order chi connectivity index (χ0) is 15.2. The summed E-state index contributed by atoms with van der Waals surface area (Å²) < 4.78 is 17.1. The predicted octanol–water partition coefficient (Wildman–Crippen LogP) is 2.65. The van der Waals surface area contributed by atoms with E-state index in [0.29, 0.717) is 31.1 Å². The number of hydrogen-bond donors (Lipinski definition) is 1. The molecule has 116 valence electrons. The number of carbonyl (C=O) groups is 1. The quantitative estimate of drug-likeness (QED) is 0.760. The zero-order valence-corrected chi connectivity index (χ0v) is 13.9. The number of nitrogens with one attached hydrogen (secondary N) is 1. The molecule has 1 fully saturated rings. The van der Waals surface area contributed by atoms with Crippen molar-refractivity contribution in [1.29, 1.82) is 0 Å². The summed E-state index contributed by atoms with van der Waals surface area (Å²) in [6.45, 7) is 6.56. The van der Waals surface area contributed by atoms with Gasteiger partial charge in [0.15, 0.2) is 17.6 Å².